The largest absolute Gasteiger partial charge is 0.489 e. The second kappa shape index (κ2) is 6.09. The first-order valence-electron chi connectivity index (χ1n) is 6.29. The summed E-state index contributed by atoms with van der Waals surface area (Å²) in [5.74, 6) is 0.793. The van der Waals surface area contributed by atoms with Crippen LogP contribution < -0.4 is 10.5 Å². The maximum atomic E-state index is 5.99. The molecule has 2 rings (SSSR count). The van der Waals surface area contributed by atoms with Crippen LogP contribution in [0.1, 0.15) is 29.7 Å². The minimum atomic E-state index is -0.105. The van der Waals surface area contributed by atoms with E-state index in [1.54, 1.807) is 0 Å². The van der Waals surface area contributed by atoms with Gasteiger partial charge in [0.15, 0.2) is 0 Å². The Kier molecular flexibility index (Phi) is 4.46. The lowest BCUT2D eigenvalue weighted by Gasteiger charge is -2.14. The van der Waals surface area contributed by atoms with Gasteiger partial charge in [0.05, 0.1) is 0 Å². The Morgan fingerprint density at radius 1 is 1.21 bits per heavy atom. The molecule has 0 aliphatic carbocycles. The van der Waals surface area contributed by atoms with Crippen molar-refractivity contribution in [3.63, 3.8) is 0 Å². The van der Waals surface area contributed by atoms with Crippen molar-refractivity contribution in [3.05, 3.63) is 64.2 Å². The number of benzene rings is 2. The average molecular weight is 276 g/mol. The molecular weight excluding hydrogens is 258 g/mol. The van der Waals surface area contributed by atoms with Crippen molar-refractivity contribution < 1.29 is 4.74 Å². The van der Waals surface area contributed by atoms with Crippen molar-refractivity contribution >= 4 is 11.6 Å². The summed E-state index contributed by atoms with van der Waals surface area (Å²) >= 11 is 5.99. The molecule has 0 saturated heterocycles. The van der Waals surface area contributed by atoms with E-state index >= 15 is 0 Å². The van der Waals surface area contributed by atoms with Crippen LogP contribution in [-0.2, 0) is 6.61 Å². The minimum absolute atomic E-state index is 0.105. The van der Waals surface area contributed by atoms with Gasteiger partial charge in [-0.3, -0.25) is 0 Å². The highest BCUT2D eigenvalue weighted by atomic mass is 35.5. The van der Waals surface area contributed by atoms with Crippen LogP contribution >= 0.6 is 11.6 Å². The lowest BCUT2D eigenvalue weighted by atomic mass is 10.1. The zero-order valence-corrected chi connectivity index (χ0v) is 11.9. The molecule has 0 fully saturated rings. The van der Waals surface area contributed by atoms with E-state index in [1.807, 2.05) is 31.2 Å². The quantitative estimate of drug-likeness (QED) is 0.905. The van der Waals surface area contributed by atoms with Gasteiger partial charge in [0.2, 0.25) is 0 Å². The number of hydrogen-bond donors (Lipinski definition) is 1. The topological polar surface area (TPSA) is 35.2 Å². The fourth-order valence-electron chi connectivity index (χ4n) is 1.97. The predicted octanol–water partition coefficient (Wildman–Crippen LogP) is 4.25. The van der Waals surface area contributed by atoms with Gasteiger partial charge >= 0.3 is 0 Å². The van der Waals surface area contributed by atoms with Gasteiger partial charge in [0.25, 0.3) is 0 Å². The maximum absolute atomic E-state index is 5.99. The van der Waals surface area contributed by atoms with E-state index in [2.05, 4.69) is 25.1 Å². The minimum Gasteiger partial charge on any atom is -0.489 e. The standard InChI is InChI=1S/C16H18ClNO/c1-11-4-3-5-13(8-11)10-19-16-7-6-14(17)9-15(16)12(2)18/h3-9,12H,10,18H2,1-2H3. The molecule has 0 aliphatic heterocycles. The van der Waals surface area contributed by atoms with Crippen LogP contribution in [0.15, 0.2) is 42.5 Å². The van der Waals surface area contributed by atoms with Crippen molar-refractivity contribution in [1.82, 2.24) is 0 Å². The van der Waals surface area contributed by atoms with E-state index in [-0.39, 0.29) is 6.04 Å². The monoisotopic (exact) mass is 275 g/mol. The molecule has 2 N–H and O–H groups in total. The molecule has 19 heavy (non-hydrogen) atoms. The van der Waals surface area contributed by atoms with Crippen LogP contribution in [0.3, 0.4) is 0 Å². The molecule has 2 aromatic rings. The Balaban J connectivity index is 2.15. The lowest BCUT2D eigenvalue weighted by Crippen LogP contribution is -2.08. The smallest absolute Gasteiger partial charge is 0.124 e. The van der Waals surface area contributed by atoms with Crippen LogP contribution in [0.5, 0.6) is 5.75 Å². The third-order valence-electron chi connectivity index (χ3n) is 2.94. The third-order valence-corrected chi connectivity index (χ3v) is 3.17. The first-order valence-corrected chi connectivity index (χ1v) is 6.67. The average Bonchev–Trinajstić information content (AvgIpc) is 2.37. The van der Waals surface area contributed by atoms with E-state index in [9.17, 15) is 0 Å². The second-order valence-electron chi connectivity index (χ2n) is 4.75. The Hall–Kier alpha value is -1.51. The summed E-state index contributed by atoms with van der Waals surface area (Å²) in [6, 6.07) is 13.7. The summed E-state index contributed by atoms with van der Waals surface area (Å²) in [4.78, 5) is 0. The molecule has 2 aromatic carbocycles. The molecule has 0 aliphatic rings. The normalized spacial score (nSPS) is 12.2. The lowest BCUT2D eigenvalue weighted by molar-refractivity contribution is 0.301. The van der Waals surface area contributed by atoms with Crippen LogP contribution in [0.4, 0.5) is 0 Å². The van der Waals surface area contributed by atoms with Gasteiger partial charge in [0.1, 0.15) is 12.4 Å². The zero-order chi connectivity index (χ0) is 13.8. The van der Waals surface area contributed by atoms with Crippen LogP contribution in [0.2, 0.25) is 5.02 Å². The summed E-state index contributed by atoms with van der Waals surface area (Å²) in [5.41, 5.74) is 9.24. The number of halogens is 1. The number of aryl methyl sites for hydroxylation is 1. The van der Waals surface area contributed by atoms with Gasteiger partial charge < -0.3 is 10.5 Å². The Morgan fingerprint density at radius 3 is 2.68 bits per heavy atom. The molecule has 0 spiro atoms. The highest BCUT2D eigenvalue weighted by Gasteiger charge is 2.09. The van der Waals surface area contributed by atoms with Crippen LogP contribution in [0, 0.1) is 6.92 Å². The van der Waals surface area contributed by atoms with Crippen LogP contribution in [-0.4, -0.2) is 0 Å². The number of hydrogen-bond acceptors (Lipinski definition) is 2. The van der Waals surface area contributed by atoms with Gasteiger partial charge in [-0.05, 0) is 37.6 Å². The summed E-state index contributed by atoms with van der Waals surface area (Å²) in [6.07, 6.45) is 0. The molecule has 0 amide bonds. The molecule has 3 heteroatoms. The number of rotatable bonds is 4. The van der Waals surface area contributed by atoms with Crippen molar-refractivity contribution in [2.24, 2.45) is 5.73 Å². The molecule has 1 unspecified atom stereocenters. The van der Waals surface area contributed by atoms with Gasteiger partial charge in [-0.2, -0.15) is 0 Å². The van der Waals surface area contributed by atoms with E-state index in [0.29, 0.717) is 11.6 Å². The molecule has 0 bridgehead atoms. The van der Waals surface area contributed by atoms with Gasteiger partial charge in [-0.1, -0.05) is 41.4 Å². The fourth-order valence-corrected chi connectivity index (χ4v) is 2.15. The van der Waals surface area contributed by atoms with E-state index < -0.39 is 0 Å². The fraction of sp³-hybridized carbons (Fsp3) is 0.250. The number of nitrogens with two attached hydrogens (primary N) is 1. The second-order valence-corrected chi connectivity index (χ2v) is 5.18. The van der Waals surface area contributed by atoms with Gasteiger partial charge in [-0.25, -0.2) is 0 Å². The van der Waals surface area contributed by atoms with Crippen molar-refractivity contribution in [2.45, 2.75) is 26.5 Å². The molecule has 1 atom stereocenters. The Morgan fingerprint density at radius 2 is 2.00 bits per heavy atom. The van der Waals surface area contributed by atoms with E-state index in [1.165, 1.54) is 5.56 Å². The van der Waals surface area contributed by atoms with Crippen molar-refractivity contribution in [3.8, 4) is 5.75 Å². The molecule has 0 heterocycles. The predicted molar refractivity (Wildman–Crippen MR) is 79.6 cm³/mol. The Labute approximate surface area is 119 Å². The maximum Gasteiger partial charge on any atom is 0.124 e. The summed E-state index contributed by atoms with van der Waals surface area (Å²) in [7, 11) is 0. The van der Waals surface area contributed by atoms with Crippen LogP contribution in [0.25, 0.3) is 0 Å². The summed E-state index contributed by atoms with van der Waals surface area (Å²) in [5, 5.41) is 0.676. The molecular formula is C16H18ClNO. The van der Waals surface area contributed by atoms with E-state index in [0.717, 1.165) is 16.9 Å². The Bertz CT molecular complexity index is 566. The molecule has 2 nitrogen and oxygen atoms in total. The molecule has 0 saturated carbocycles. The first-order chi connectivity index (χ1) is 9.06. The molecule has 0 radical (unpaired) electrons. The molecule has 0 aromatic heterocycles. The summed E-state index contributed by atoms with van der Waals surface area (Å²) in [6.45, 7) is 4.52. The van der Waals surface area contributed by atoms with Crippen molar-refractivity contribution in [1.29, 1.82) is 0 Å². The number of ether oxygens (including phenoxy) is 1. The molecule has 100 valence electrons. The van der Waals surface area contributed by atoms with Crippen molar-refractivity contribution in [2.75, 3.05) is 0 Å². The third kappa shape index (κ3) is 3.72. The highest BCUT2D eigenvalue weighted by molar-refractivity contribution is 6.30. The first kappa shape index (κ1) is 13.9. The van der Waals surface area contributed by atoms with Gasteiger partial charge in [0, 0.05) is 16.6 Å². The highest BCUT2D eigenvalue weighted by Crippen LogP contribution is 2.27. The SMILES string of the molecule is Cc1cccc(COc2ccc(Cl)cc2C(C)N)c1. The van der Waals surface area contributed by atoms with E-state index in [4.69, 9.17) is 22.1 Å². The zero-order valence-electron chi connectivity index (χ0n) is 11.2. The van der Waals surface area contributed by atoms with Gasteiger partial charge in [-0.15, -0.1) is 0 Å². The summed E-state index contributed by atoms with van der Waals surface area (Å²) < 4.78 is 5.86.